The topological polar surface area (TPSA) is 68.5 Å². The smallest absolute Gasteiger partial charge is 0.261 e. The fourth-order valence-electron chi connectivity index (χ4n) is 1.98. The minimum Gasteiger partial charge on any atom is -0.496 e. The summed E-state index contributed by atoms with van der Waals surface area (Å²) in [5.74, 6) is 0.364. The summed E-state index contributed by atoms with van der Waals surface area (Å²) in [7, 11) is 3.22. The van der Waals surface area contributed by atoms with Crippen molar-refractivity contribution in [2.24, 2.45) is 0 Å². The zero-order valence-electron chi connectivity index (χ0n) is 11.8. The van der Waals surface area contributed by atoms with Crippen molar-refractivity contribution in [1.82, 2.24) is 4.98 Å². The van der Waals surface area contributed by atoms with Crippen LogP contribution in [-0.4, -0.2) is 25.0 Å². The zero-order chi connectivity index (χ0) is 14.7. The molecule has 2 aromatic rings. The monoisotopic (exact) mass is 271 g/mol. The van der Waals surface area contributed by atoms with Gasteiger partial charge >= 0.3 is 0 Å². The van der Waals surface area contributed by atoms with Crippen LogP contribution in [0.5, 0.6) is 5.75 Å². The van der Waals surface area contributed by atoms with Crippen LogP contribution in [0.4, 0.5) is 11.4 Å². The molecular formula is C15H17N3O2. The second-order valence-electron chi connectivity index (χ2n) is 4.50. The van der Waals surface area contributed by atoms with Crippen molar-refractivity contribution in [2.75, 3.05) is 24.8 Å². The van der Waals surface area contributed by atoms with Gasteiger partial charge in [-0.2, -0.15) is 0 Å². The van der Waals surface area contributed by atoms with Gasteiger partial charge < -0.3 is 15.4 Å². The summed E-state index contributed by atoms with van der Waals surface area (Å²) >= 11 is 0. The van der Waals surface area contributed by atoms with Crippen molar-refractivity contribution < 1.29 is 9.53 Å². The Morgan fingerprint density at radius 3 is 2.75 bits per heavy atom. The van der Waals surface area contributed by atoms with Gasteiger partial charge in [0.2, 0.25) is 0 Å². The number of benzene rings is 1. The van der Waals surface area contributed by atoms with Crippen LogP contribution in [0.1, 0.15) is 15.9 Å². The highest BCUT2D eigenvalue weighted by Gasteiger charge is 2.19. The summed E-state index contributed by atoms with van der Waals surface area (Å²) < 4.78 is 5.25. The lowest BCUT2D eigenvalue weighted by atomic mass is 10.1. The zero-order valence-corrected chi connectivity index (χ0v) is 11.8. The van der Waals surface area contributed by atoms with Crippen molar-refractivity contribution in [3.8, 4) is 5.75 Å². The molecule has 0 aliphatic carbocycles. The van der Waals surface area contributed by atoms with Crippen LogP contribution in [0.25, 0.3) is 0 Å². The van der Waals surface area contributed by atoms with Gasteiger partial charge in [-0.25, -0.2) is 0 Å². The Morgan fingerprint density at radius 1 is 1.35 bits per heavy atom. The van der Waals surface area contributed by atoms with E-state index in [1.54, 1.807) is 38.6 Å². The number of pyridine rings is 1. The number of carbonyl (C=O) groups excluding carboxylic acids is 1. The molecule has 0 aliphatic heterocycles. The van der Waals surface area contributed by atoms with Crippen LogP contribution in [0.15, 0.2) is 36.7 Å². The van der Waals surface area contributed by atoms with Gasteiger partial charge in [0, 0.05) is 13.2 Å². The third-order valence-corrected chi connectivity index (χ3v) is 3.08. The van der Waals surface area contributed by atoms with Crippen molar-refractivity contribution in [3.63, 3.8) is 0 Å². The fraction of sp³-hybridized carbons (Fsp3) is 0.200. The predicted octanol–water partition coefficient (Wildman–Crippen LogP) is 2.26. The van der Waals surface area contributed by atoms with E-state index in [-0.39, 0.29) is 5.91 Å². The van der Waals surface area contributed by atoms with E-state index in [1.807, 2.05) is 13.0 Å². The molecule has 0 unspecified atom stereocenters. The van der Waals surface area contributed by atoms with Crippen LogP contribution < -0.4 is 15.4 Å². The van der Waals surface area contributed by atoms with E-state index in [4.69, 9.17) is 10.5 Å². The summed E-state index contributed by atoms with van der Waals surface area (Å²) in [5.41, 5.74) is 8.42. The minimum absolute atomic E-state index is 0.177. The second kappa shape index (κ2) is 5.61. The highest BCUT2D eigenvalue weighted by atomic mass is 16.5. The van der Waals surface area contributed by atoms with Crippen LogP contribution in [0.2, 0.25) is 0 Å². The molecule has 104 valence electrons. The van der Waals surface area contributed by atoms with Gasteiger partial charge in [0.1, 0.15) is 5.75 Å². The second-order valence-corrected chi connectivity index (χ2v) is 4.50. The first-order valence-corrected chi connectivity index (χ1v) is 6.16. The average molecular weight is 271 g/mol. The van der Waals surface area contributed by atoms with E-state index in [1.165, 1.54) is 11.1 Å². The number of nitrogens with zero attached hydrogens (tertiary/aromatic N) is 2. The molecule has 5 nitrogen and oxygen atoms in total. The molecule has 0 saturated carbocycles. The minimum atomic E-state index is -0.177. The first-order chi connectivity index (χ1) is 9.54. The number of hydrogen-bond donors (Lipinski definition) is 1. The number of nitrogens with two attached hydrogens (primary N) is 1. The van der Waals surface area contributed by atoms with Crippen LogP contribution >= 0.6 is 0 Å². The van der Waals surface area contributed by atoms with Gasteiger partial charge in [0.15, 0.2) is 0 Å². The van der Waals surface area contributed by atoms with Gasteiger partial charge in [-0.3, -0.25) is 9.78 Å². The maximum Gasteiger partial charge on any atom is 0.261 e. The number of carbonyl (C=O) groups is 1. The lowest BCUT2D eigenvalue weighted by Gasteiger charge is -2.20. The molecule has 20 heavy (non-hydrogen) atoms. The largest absolute Gasteiger partial charge is 0.496 e. The van der Waals surface area contributed by atoms with E-state index in [2.05, 4.69) is 4.98 Å². The fourth-order valence-corrected chi connectivity index (χ4v) is 1.98. The van der Waals surface area contributed by atoms with E-state index in [0.717, 1.165) is 5.56 Å². The first-order valence-electron chi connectivity index (χ1n) is 6.16. The number of methoxy groups -OCH3 is 1. The van der Waals surface area contributed by atoms with Gasteiger partial charge in [-0.05, 0) is 25.1 Å². The maximum absolute atomic E-state index is 12.6. The SMILES string of the molecule is COc1ccc(C)cc1C(=O)N(C)c1ccncc1N. The summed E-state index contributed by atoms with van der Waals surface area (Å²) in [4.78, 5) is 18.0. The maximum atomic E-state index is 12.6. The Bertz CT molecular complexity index is 641. The Morgan fingerprint density at radius 2 is 2.10 bits per heavy atom. The van der Waals surface area contributed by atoms with Gasteiger partial charge in [0.05, 0.1) is 30.2 Å². The molecule has 1 amide bonds. The Balaban J connectivity index is 2.41. The van der Waals surface area contributed by atoms with Gasteiger partial charge in [-0.1, -0.05) is 11.6 Å². The molecular weight excluding hydrogens is 254 g/mol. The van der Waals surface area contributed by atoms with Crippen molar-refractivity contribution in [1.29, 1.82) is 0 Å². The van der Waals surface area contributed by atoms with Crippen molar-refractivity contribution in [2.45, 2.75) is 6.92 Å². The molecule has 0 saturated heterocycles. The molecule has 2 N–H and O–H groups in total. The Kier molecular flexibility index (Phi) is 3.89. The molecule has 1 aromatic carbocycles. The van der Waals surface area contributed by atoms with Crippen LogP contribution in [0.3, 0.4) is 0 Å². The molecule has 5 heteroatoms. The molecule has 2 rings (SSSR count). The van der Waals surface area contributed by atoms with E-state index < -0.39 is 0 Å². The van der Waals surface area contributed by atoms with Gasteiger partial charge in [-0.15, -0.1) is 0 Å². The number of hydrogen-bond acceptors (Lipinski definition) is 4. The normalized spacial score (nSPS) is 10.2. The molecule has 0 spiro atoms. The van der Waals surface area contributed by atoms with E-state index >= 15 is 0 Å². The number of nitrogen functional groups attached to an aromatic ring is 1. The molecule has 0 radical (unpaired) electrons. The lowest BCUT2D eigenvalue weighted by Crippen LogP contribution is -2.27. The average Bonchev–Trinajstić information content (AvgIpc) is 2.46. The Labute approximate surface area is 118 Å². The molecule has 1 aromatic heterocycles. The third-order valence-electron chi connectivity index (χ3n) is 3.08. The Hall–Kier alpha value is -2.56. The highest BCUT2D eigenvalue weighted by Crippen LogP contribution is 2.26. The number of rotatable bonds is 3. The number of amides is 1. The third kappa shape index (κ3) is 2.56. The molecule has 0 aliphatic rings. The quantitative estimate of drug-likeness (QED) is 0.929. The highest BCUT2D eigenvalue weighted by molar-refractivity contribution is 6.08. The van der Waals surface area contributed by atoms with Crippen molar-refractivity contribution in [3.05, 3.63) is 47.8 Å². The van der Waals surface area contributed by atoms with Crippen LogP contribution in [-0.2, 0) is 0 Å². The van der Waals surface area contributed by atoms with Crippen LogP contribution in [0, 0.1) is 6.92 Å². The molecule has 0 fully saturated rings. The summed E-state index contributed by atoms with van der Waals surface area (Å²) in [6, 6.07) is 7.19. The lowest BCUT2D eigenvalue weighted by molar-refractivity contribution is 0.0990. The number of ether oxygens (including phenoxy) is 1. The van der Waals surface area contributed by atoms with E-state index in [0.29, 0.717) is 22.7 Å². The summed E-state index contributed by atoms with van der Waals surface area (Å²) in [6.45, 7) is 1.93. The standard InChI is InChI=1S/C15H17N3O2/c1-10-4-5-14(20-3)11(8-10)15(19)18(2)13-6-7-17-9-12(13)16/h4-9H,16H2,1-3H3. The molecule has 0 bridgehead atoms. The van der Waals surface area contributed by atoms with Gasteiger partial charge in [0.25, 0.3) is 5.91 Å². The number of aryl methyl sites for hydroxylation is 1. The molecule has 0 atom stereocenters. The summed E-state index contributed by atoms with van der Waals surface area (Å²) in [6.07, 6.45) is 3.12. The molecule has 1 heterocycles. The first kappa shape index (κ1) is 13.9. The predicted molar refractivity (Wildman–Crippen MR) is 79.1 cm³/mol. The number of anilines is 2. The summed E-state index contributed by atoms with van der Waals surface area (Å²) in [5, 5.41) is 0. The number of aromatic nitrogens is 1. The van der Waals surface area contributed by atoms with Crippen molar-refractivity contribution >= 4 is 17.3 Å². The van der Waals surface area contributed by atoms with E-state index in [9.17, 15) is 4.79 Å².